The molecule has 0 unspecified atom stereocenters. The van der Waals surface area contributed by atoms with Gasteiger partial charge in [0.2, 0.25) is 0 Å². The van der Waals surface area contributed by atoms with Gasteiger partial charge in [-0.1, -0.05) is 57.6 Å². The summed E-state index contributed by atoms with van der Waals surface area (Å²) in [6, 6.07) is 6.05. The predicted molar refractivity (Wildman–Crippen MR) is 89.2 cm³/mol. The van der Waals surface area contributed by atoms with Gasteiger partial charge >= 0.3 is 0 Å². The first-order valence-electron chi connectivity index (χ1n) is 8.26. The van der Waals surface area contributed by atoms with Crippen molar-refractivity contribution >= 4 is 0 Å². The molecule has 0 aliphatic heterocycles. The Bertz CT molecular complexity index is 379. The molecule has 0 atom stereocenters. The number of unbranched alkanes of at least 4 members (excludes halogenated alkanes) is 6. The second-order valence-corrected chi connectivity index (χ2v) is 5.45. The summed E-state index contributed by atoms with van der Waals surface area (Å²) in [5.74, 6) is 1.71. The van der Waals surface area contributed by atoms with Crippen molar-refractivity contribution in [1.82, 2.24) is 5.32 Å². The average molecular weight is 293 g/mol. The van der Waals surface area contributed by atoms with E-state index >= 15 is 0 Å². The van der Waals surface area contributed by atoms with Crippen molar-refractivity contribution in [3.05, 3.63) is 23.8 Å². The molecule has 0 aliphatic rings. The van der Waals surface area contributed by atoms with Crippen molar-refractivity contribution in [1.29, 1.82) is 0 Å². The van der Waals surface area contributed by atoms with E-state index in [0.717, 1.165) is 36.6 Å². The zero-order valence-electron chi connectivity index (χ0n) is 13.9. The highest BCUT2D eigenvalue weighted by Crippen LogP contribution is 2.31. The van der Waals surface area contributed by atoms with Gasteiger partial charge in [0.05, 0.1) is 13.7 Å². The number of ether oxygens (including phenoxy) is 2. The largest absolute Gasteiger partial charge is 0.493 e. The normalized spacial score (nSPS) is 10.6. The Labute approximate surface area is 130 Å². The van der Waals surface area contributed by atoms with Crippen molar-refractivity contribution in [3.63, 3.8) is 0 Å². The van der Waals surface area contributed by atoms with Crippen LogP contribution < -0.4 is 14.8 Å². The number of rotatable bonds is 12. The van der Waals surface area contributed by atoms with Crippen LogP contribution in [0.3, 0.4) is 0 Å². The van der Waals surface area contributed by atoms with Crippen LogP contribution in [0.5, 0.6) is 11.5 Å². The molecule has 0 saturated heterocycles. The highest BCUT2D eigenvalue weighted by atomic mass is 16.5. The molecule has 1 rings (SSSR count). The Morgan fingerprint density at radius 3 is 2.38 bits per heavy atom. The van der Waals surface area contributed by atoms with Gasteiger partial charge in [0.1, 0.15) is 0 Å². The van der Waals surface area contributed by atoms with Crippen LogP contribution in [0.4, 0.5) is 0 Å². The fourth-order valence-corrected chi connectivity index (χ4v) is 2.45. The van der Waals surface area contributed by atoms with Crippen LogP contribution >= 0.6 is 0 Å². The van der Waals surface area contributed by atoms with Crippen molar-refractivity contribution < 1.29 is 9.47 Å². The SMILES string of the molecule is CCCCCCCCCOc1c(CNC)cccc1OC. The topological polar surface area (TPSA) is 30.5 Å². The Morgan fingerprint density at radius 1 is 1.00 bits per heavy atom. The molecule has 0 saturated carbocycles. The van der Waals surface area contributed by atoms with E-state index in [-0.39, 0.29) is 0 Å². The first-order valence-corrected chi connectivity index (χ1v) is 8.26. The minimum absolute atomic E-state index is 0.769. The summed E-state index contributed by atoms with van der Waals surface area (Å²) in [4.78, 5) is 0. The molecule has 3 nitrogen and oxygen atoms in total. The van der Waals surface area contributed by atoms with Crippen molar-refractivity contribution in [2.45, 2.75) is 58.4 Å². The third-order valence-corrected chi connectivity index (χ3v) is 3.64. The fraction of sp³-hybridized carbons (Fsp3) is 0.667. The quantitative estimate of drug-likeness (QED) is 0.574. The lowest BCUT2D eigenvalue weighted by Crippen LogP contribution is -2.09. The van der Waals surface area contributed by atoms with E-state index in [4.69, 9.17) is 9.47 Å². The van der Waals surface area contributed by atoms with Crippen LogP contribution in [0, 0.1) is 0 Å². The van der Waals surface area contributed by atoms with Gasteiger partial charge in [-0.25, -0.2) is 0 Å². The van der Waals surface area contributed by atoms with Crippen molar-refractivity contribution in [2.75, 3.05) is 20.8 Å². The summed E-state index contributed by atoms with van der Waals surface area (Å²) in [6.07, 6.45) is 9.09. The molecule has 0 aliphatic carbocycles. The maximum Gasteiger partial charge on any atom is 0.165 e. The van der Waals surface area contributed by atoms with E-state index < -0.39 is 0 Å². The molecule has 0 amide bonds. The summed E-state index contributed by atoms with van der Waals surface area (Å²) >= 11 is 0. The summed E-state index contributed by atoms with van der Waals surface area (Å²) in [7, 11) is 3.64. The molecule has 0 fully saturated rings. The third kappa shape index (κ3) is 6.85. The summed E-state index contributed by atoms with van der Waals surface area (Å²) in [5, 5.41) is 3.17. The number of benzene rings is 1. The number of hydrogen-bond acceptors (Lipinski definition) is 3. The summed E-state index contributed by atoms with van der Waals surface area (Å²) < 4.78 is 11.4. The van der Waals surface area contributed by atoms with Crippen molar-refractivity contribution in [2.24, 2.45) is 0 Å². The molecule has 0 aromatic heterocycles. The smallest absolute Gasteiger partial charge is 0.165 e. The zero-order chi connectivity index (χ0) is 15.3. The number of hydrogen-bond donors (Lipinski definition) is 1. The zero-order valence-corrected chi connectivity index (χ0v) is 13.9. The maximum atomic E-state index is 5.97. The van der Waals surface area contributed by atoms with Gasteiger partial charge in [0.15, 0.2) is 11.5 Å². The van der Waals surface area contributed by atoms with E-state index in [1.54, 1.807) is 7.11 Å². The molecule has 1 aromatic carbocycles. The Morgan fingerprint density at radius 2 is 1.71 bits per heavy atom. The van der Waals surface area contributed by atoms with E-state index in [0.29, 0.717) is 0 Å². The van der Waals surface area contributed by atoms with Crippen molar-refractivity contribution in [3.8, 4) is 11.5 Å². The maximum absolute atomic E-state index is 5.97. The van der Waals surface area contributed by atoms with Gasteiger partial charge < -0.3 is 14.8 Å². The molecule has 0 radical (unpaired) electrons. The second-order valence-electron chi connectivity index (χ2n) is 5.45. The lowest BCUT2D eigenvalue weighted by atomic mass is 10.1. The Hall–Kier alpha value is -1.22. The lowest BCUT2D eigenvalue weighted by molar-refractivity contribution is 0.281. The second kappa shape index (κ2) is 11.4. The Balaban J connectivity index is 2.33. The monoisotopic (exact) mass is 293 g/mol. The molecule has 120 valence electrons. The van der Waals surface area contributed by atoms with Crippen LogP contribution in [-0.2, 0) is 6.54 Å². The van der Waals surface area contributed by atoms with Gasteiger partial charge in [-0.05, 0) is 19.5 Å². The van der Waals surface area contributed by atoms with E-state index in [9.17, 15) is 0 Å². The minimum atomic E-state index is 0.769. The summed E-state index contributed by atoms with van der Waals surface area (Å²) in [6.45, 7) is 3.82. The lowest BCUT2D eigenvalue weighted by Gasteiger charge is -2.15. The van der Waals surface area contributed by atoms with E-state index in [1.807, 2.05) is 19.2 Å². The molecular weight excluding hydrogens is 262 g/mol. The average Bonchev–Trinajstić information content (AvgIpc) is 2.51. The van der Waals surface area contributed by atoms with E-state index in [2.05, 4.69) is 18.3 Å². The molecule has 1 N–H and O–H groups in total. The summed E-state index contributed by atoms with van der Waals surface area (Å²) in [5.41, 5.74) is 1.15. The standard InChI is InChI=1S/C18H31NO2/c1-4-5-6-7-8-9-10-14-21-18-16(15-19-2)12-11-13-17(18)20-3/h11-13,19H,4-10,14-15H2,1-3H3. The van der Waals surface area contributed by atoms with Crippen LogP contribution in [-0.4, -0.2) is 20.8 Å². The molecule has 21 heavy (non-hydrogen) atoms. The number of nitrogens with one attached hydrogen (secondary N) is 1. The highest BCUT2D eigenvalue weighted by Gasteiger charge is 2.09. The molecular formula is C18H31NO2. The third-order valence-electron chi connectivity index (χ3n) is 3.64. The first-order chi connectivity index (χ1) is 10.3. The van der Waals surface area contributed by atoms with Gasteiger partial charge in [-0.15, -0.1) is 0 Å². The van der Waals surface area contributed by atoms with Crippen LogP contribution in [0.15, 0.2) is 18.2 Å². The number of methoxy groups -OCH3 is 1. The van der Waals surface area contributed by atoms with Crippen LogP contribution in [0.1, 0.15) is 57.4 Å². The van der Waals surface area contributed by atoms with Gasteiger partial charge in [0, 0.05) is 12.1 Å². The van der Waals surface area contributed by atoms with E-state index in [1.165, 1.54) is 38.5 Å². The molecule has 1 aromatic rings. The van der Waals surface area contributed by atoms with Gasteiger partial charge in [-0.2, -0.15) is 0 Å². The van der Waals surface area contributed by atoms with Crippen LogP contribution in [0.25, 0.3) is 0 Å². The number of para-hydroxylation sites is 1. The molecule has 3 heteroatoms. The highest BCUT2D eigenvalue weighted by molar-refractivity contribution is 5.46. The minimum Gasteiger partial charge on any atom is -0.493 e. The Kier molecular flexibility index (Phi) is 9.71. The molecule has 0 spiro atoms. The first kappa shape index (κ1) is 17.8. The molecule has 0 heterocycles. The van der Waals surface area contributed by atoms with Gasteiger partial charge in [0.25, 0.3) is 0 Å². The van der Waals surface area contributed by atoms with Gasteiger partial charge in [-0.3, -0.25) is 0 Å². The van der Waals surface area contributed by atoms with Crippen LogP contribution in [0.2, 0.25) is 0 Å². The predicted octanol–water partition coefficient (Wildman–Crippen LogP) is 4.54. The molecule has 0 bridgehead atoms. The fourth-order valence-electron chi connectivity index (χ4n) is 2.45.